The van der Waals surface area contributed by atoms with E-state index in [4.69, 9.17) is 17.0 Å². The molecule has 26 heavy (non-hydrogen) atoms. The van der Waals surface area contributed by atoms with Crippen LogP contribution >= 0.6 is 12.2 Å². The molecule has 0 heterocycles. The van der Waals surface area contributed by atoms with Crippen LogP contribution in [0.15, 0.2) is 36.4 Å². The van der Waals surface area contributed by atoms with Gasteiger partial charge in [0.1, 0.15) is 5.75 Å². The van der Waals surface area contributed by atoms with Crippen LogP contribution in [0.2, 0.25) is 0 Å². The standard InChI is InChI=1S/C20H25N3O2S/c1-5-16-11-7-8-13(2)18(16)21-20(26)23-22-17(24)12-25-19-14(3)9-6-10-15(19)4/h6-11H,5,12H2,1-4H3,(H,22,24)(H2,21,23,26). The first kappa shape index (κ1) is 19.7. The van der Waals surface area contributed by atoms with Gasteiger partial charge in [0, 0.05) is 5.69 Å². The van der Waals surface area contributed by atoms with E-state index in [1.165, 1.54) is 5.56 Å². The Morgan fingerprint density at radius 3 is 2.27 bits per heavy atom. The molecule has 0 aliphatic carbocycles. The minimum absolute atomic E-state index is 0.0914. The molecular formula is C20H25N3O2S. The van der Waals surface area contributed by atoms with E-state index in [0.29, 0.717) is 5.11 Å². The van der Waals surface area contributed by atoms with Crippen LogP contribution in [0.25, 0.3) is 0 Å². The summed E-state index contributed by atoms with van der Waals surface area (Å²) in [5, 5.41) is 3.47. The Hall–Kier alpha value is -2.60. The Morgan fingerprint density at radius 2 is 1.62 bits per heavy atom. The SMILES string of the molecule is CCc1cccc(C)c1NC(=S)NNC(=O)COc1c(C)cccc1C. The molecule has 2 aromatic carbocycles. The predicted octanol–water partition coefficient (Wildman–Crippen LogP) is 3.57. The van der Waals surface area contributed by atoms with Crippen molar-refractivity contribution in [1.29, 1.82) is 0 Å². The van der Waals surface area contributed by atoms with Gasteiger partial charge >= 0.3 is 0 Å². The van der Waals surface area contributed by atoms with E-state index in [1.807, 2.05) is 51.1 Å². The zero-order valence-electron chi connectivity index (χ0n) is 15.6. The van der Waals surface area contributed by atoms with Gasteiger partial charge in [-0.1, -0.05) is 43.3 Å². The minimum Gasteiger partial charge on any atom is -0.483 e. The van der Waals surface area contributed by atoms with Crippen LogP contribution < -0.4 is 20.9 Å². The summed E-state index contributed by atoms with van der Waals surface area (Å²) in [7, 11) is 0. The van der Waals surface area contributed by atoms with Gasteiger partial charge in [-0.05, 0) is 61.7 Å². The smallest absolute Gasteiger partial charge is 0.276 e. The Labute approximate surface area is 160 Å². The van der Waals surface area contributed by atoms with Crippen molar-refractivity contribution in [3.05, 3.63) is 58.7 Å². The number of ether oxygens (including phenoxy) is 1. The number of thiocarbonyl (C=S) groups is 1. The largest absolute Gasteiger partial charge is 0.483 e. The second-order valence-corrected chi connectivity index (χ2v) is 6.51. The fourth-order valence-electron chi connectivity index (χ4n) is 2.67. The topological polar surface area (TPSA) is 62.4 Å². The molecule has 0 atom stereocenters. The molecule has 3 N–H and O–H groups in total. The molecule has 0 aliphatic rings. The molecule has 0 bridgehead atoms. The third kappa shape index (κ3) is 5.20. The lowest BCUT2D eigenvalue weighted by Crippen LogP contribution is -2.45. The average molecular weight is 372 g/mol. The van der Waals surface area contributed by atoms with Crippen LogP contribution in [0.1, 0.15) is 29.2 Å². The van der Waals surface area contributed by atoms with Gasteiger partial charge in [-0.2, -0.15) is 0 Å². The maximum atomic E-state index is 12.0. The number of hydrogen-bond donors (Lipinski definition) is 3. The number of carbonyl (C=O) groups is 1. The zero-order chi connectivity index (χ0) is 19.1. The van der Waals surface area contributed by atoms with Crippen molar-refractivity contribution in [1.82, 2.24) is 10.9 Å². The summed E-state index contributed by atoms with van der Waals surface area (Å²) in [6.45, 7) is 7.91. The van der Waals surface area contributed by atoms with Gasteiger partial charge in [0.05, 0.1) is 0 Å². The summed E-state index contributed by atoms with van der Waals surface area (Å²) in [6, 6.07) is 11.9. The summed E-state index contributed by atoms with van der Waals surface area (Å²) >= 11 is 5.26. The quantitative estimate of drug-likeness (QED) is 0.554. The molecule has 1 amide bonds. The van der Waals surface area contributed by atoms with Gasteiger partial charge in [0.25, 0.3) is 5.91 Å². The van der Waals surface area contributed by atoms with E-state index in [0.717, 1.165) is 34.5 Å². The number of aryl methyl sites for hydroxylation is 4. The van der Waals surface area contributed by atoms with Crippen molar-refractivity contribution in [2.24, 2.45) is 0 Å². The van der Waals surface area contributed by atoms with Gasteiger partial charge in [0.15, 0.2) is 11.7 Å². The maximum Gasteiger partial charge on any atom is 0.276 e. The monoisotopic (exact) mass is 371 g/mol. The third-order valence-electron chi connectivity index (χ3n) is 4.05. The normalized spacial score (nSPS) is 10.2. The summed E-state index contributed by atoms with van der Waals surface area (Å²) in [5.74, 6) is 0.424. The molecule has 0 radical (unpaired) electrons. The summed E-state index contributed by atoms with van der Waals surface area (Å²) in [6.07, 6.45) is 0.891. The molecule has 0 unspecified atom stereocenters. The molecule has 0 fully saturated rings. The lowest BCUT2D eigenvalue weighted by Gasteiger charge is -2.16. The molecule has 0 aromatic heterocycles. The average Bonchev–Trinajstić information content (AvgIpc) is 2.61. The fourth-order valence-corrected chi connectivity index (χ4v) is 2.83. The molecule has 6 heteroatoms. The number of hydrazine groups is 1. The number of benzene rings is 2. The maximum absolute atomic E-state index is 12.0. The predicted molar refractivity (Wildman–Crippen MR) is 109 cm³/mol. The fraction of sp³-hybridized carbons (Fsp3) is 0.300. The number of carbonyl (C=O) groups excluding carboxylic acids is 1. The van der Waals surface area contributed by atoms with Crippen molar-refractivity contribution in [3.63, 3.8) is 0 Å². The summed E-state index contributed by atoms with van der Waals surface area (Å²) in [5.41, 5.74) is 10.5. The second kappa shape index (κ2) is 9.20. The highest BCUT2D eigenvalue weighted by molar-refractivity contribution is 7.80. The first-order valence-corrected chi connectivity index (χ1v) is 8.96. The van der Waals surface area contributed by atoms with Gasteiger partial charge in [-0.25, -0.2) is 0 Å². The van der Waals surface area contributed by atoms with E-state index in [-0.39, 0.29) is 12.5 Å². The highest BCUT2D eigenvalue weighted by atomic mass is 32.1. The minimum atomic E-state index is -0.308. The van der Waals surface area contributed by atoms with E-state index in [2.05, 4.69) is 29.2 Å². The first-order chi connectivity index (χ1) is 12.4. The Kier molecular flexibility index (Phi) is 6.97. The molecular weight excluding hydrogens is 346 g/mol. The number of amides is 1. The lowest BCUT2D eigenvalue weighted by atomic mass is 10.1. The summed E-state index contributed by atoms with van der Waals surface area (Å²) < 4.78 is 5.62. The molecule has 0 saturated heterocycles. The Balaban J connectivity index is 1.85. The highest BCUT2D eigenvalue weighted by Crippen LogP contribution is 2.22. The Morgan fingerprint density at radius 1 is 1.00 bits per heavy atom. The highest BCUT2D eigenvalue weighted by Gasteiger charge is 2.09. The van der Waals surface area contributed by atoms with Crippen LogP contribution in [0.3, 0.4) is 0 Å². The van der Waals surface area contributed by atoms with E-state index < -0.39 is 0 Å². The van der Waals surface area contributed by atoms with Crippen molar-refractivity contribution in [2.75, 3.05) is 11.9 Å². The number of para-hydroxylation sites is 2. The van der Waals surface area contributed by atoms with Gasteiger partial charge < -0.3 is 10.1 Å². The number of rotatable bonds is 5. The van der Waals surface area contributed by atoms with Crippen molar-refractivity contribution < 1.29 is 9.53 Å². The molecule has 138 valence electrons. The van der Waals surface area contributed by atoms with Crippen LogP contribution in [-0.2, 0) is 11.2 Å². The lowest BCUT2D eigenvalue weighted by molar-refractivity contribution is -0.123. The second-order valence-electron chi connectivity index (χ2n) is 6.10. The van der Waals surface area contributed by atoms with Crippen molar-refractivity contribution in [3.8, 4) is 5.75 Å². The Bertz CT molecular complexity index is 785. The van der Waals surface area contributed by atoms with Crippen molar-refractivity contribution in [2.45, 2.75) is 34.1 Å². The van der Waals surface area contributed by atoms with E-state index in [1.54, 1.807) is 0 Å². The molecule has 0 spiro atoms. The molecule has 2 aromatic rings. The third-order valence-corrected chi connectivity index (χ3v) is 4.25. The van der Waals surface area contributed by atoms with E-state index >= 15 is 0 Å². The molecule has 0 saturated carbocycles. The van der Waals surface area contributed by atoms with Crippen LogP contribution in [0.4, 0.5) is 5.69 Å². The zero-order valence-corrected chi connectivity index (χ0v) is 16.4. The first-order valence-electron chi connectivity index (χ1n) is 8.55. The number of nitrogens with one attached hydrogen (secondary N) is 3. The van der Waals surface area contributed by atoms with Gasteiger partial charge in [-0.15, -0.1) is 0 Å². The van der Waals surface area contributed by atoms with Crippen LogP contribution in [-0.4, -0.2) is 17.6 Å². The molecule has 5 nitrogen and oxygen atoms in total. The van der Waals surface area contributed by atoms with Gasteiger partial charge in [0.2, 0.25) is 0 Å². The van der Waals surface area contributed by atoms with Crippen molar-refractivity contribution >= 4 is 28.9 Å². The molecule has 0 aliphatic heterocycles. The van der Waals surface area contributed by atoms with E-state index in [9.17, 15) is 4.79 Å². The number of anilines is 1. The summed E-state index contributed by atoms with van der Waals surface area (Å²) in [4.78, 5) is 12.0. The van der Waals surface area contributed by atoms with Crippen LogP contribution in [0.5, 0.6) is 5.75 Å². The van der Waals surface area contributed by atoms with Gasteiger partial charge in [-0.3, -0.25) is 15.6 Å². The molecule has 2 rings (SSSR count). The number of hydrogen-bond acceptors (Lipinski definition) is 3. The van der Waals surface area contributed by atoms with Crippen LogP contribution in [0, 0.1) is 20.8 Å².